The molecule has 7 heteroatoms. The Morgan fingerprint density at radius 2 is 1.89 bits per heavy atom. The van der Waals surface area contributed by atoms with Gasteiger partial charge in [-0.3, -0.25) is 4.79 Å². The van der Waals surface area contributed by atoms with Crippen LogP contribution in [0.1, 0.15) is 5.56 Å². The Hall–Kier alpha value is -3.87. The van der Waals surface area contributed by atoms with Gasteiger partial charge in [-0.05, 0) is 35.9 Å². The first-order chi connectivity index (χ1) is 13.7. The summed E-state index contributed by atoms with van der Waals surface area (Å²) >= 11 is 0. The summed E-state index contributed by atoms with van der Waals surface area (Å²) in [4.78, 5) is 11.0. The maximum atomic E-state index is 11.0. The minimum Gasteiger partial charge on any atom is -0.496 e. The monoisotopic (exact) mass is 374 g/mol. The standard InChI is InChI=1S/C21H18N4O3/c1-27-17-5-3-2-4-15(17)19-20-16(10-11-28-20)21(25-24-19)23-14-8-6-13(7-9-14)12-18(22)26/h2-11H,12H2,1H3,(H2,22,26)(H,23,25). The summed E-state index contributed by atoms with van der Waals surface area (Å²) in [7, 11) is 1.61. The second kappa shape index (κ2) is 7.40. The molecule has 0 saturated heterocycles. The second-order valence-corrected chi connectivity index (χ2v) is 6.23. The first kappa shape index (κ1) is 17.5. The number of primary amides is 1. The maximum Gasteiger partial charge on any atom is 0.221 e. The maximum absolute atomic E-state index is 11.0. The molecule has 1 amide bonds. The third-order valence-corrected chi connectivity index (χ3v) is 4.34. The lowest BCUT2D eigenvalue weighted by atomic mass is 10.1. The van der Waals surface area contributed by atoms with E-state index >= 15 is 0 Å². The number of amides is 1. The van der Waals surface area contributed by atoms with Gasteiger partial charge in [0, 0.05) is 11.3 Å². The number of carbonyl (C=O) groups excluding carboxylic acids is 1. The molecule has 0 aliphatic carbocycles. The highest BCUT2D eigenvalue weighted by molar-refractivity contribution is 5.98. The molecule has 4 aromatic rings. The van der Waals surface area contributed by atoms with Crippen LogP contribution in [-0.2, 0) is 11.2 Å². The molecular weight excluding hydrogens is 356 g/mol. The number of hydrogen-bond donors (Lipinski definition) is 2. The zero-order chi connectivity index (χ0) is 19.5. The third-order valence-electron chi connectivity index (χ3n) is 4.34. The number of methoxy groups -OCH3 is 1. The Morgan fingerprint density at radius 3 is 2.64 bits per heavy atom. The number of nitrogens with two attached hydrogens (primary N) is 1. The molecule has 0 atom stereocenters. The van der Waals surface area contributed by atoms with Crippen LogP contribution in [0.2, 0.25) is 0 Å². The number of para-hydroxylation sites is 1. The van der Waals surface area contributed by atoms with Crippen molar-refractivity contribution in [2.75, 3.05) is 12.4 Å². The van der Waals surface area contributed by atoms with Crippen molar-refractivity contribution in [2.45, 2.75) is 6.42 Å². The van der Waals surface area contributed by atoms with E-state index in [9.17, 15) is 4.79 Å². The van der Waals surface area contributed by atoms with E-state index in [2.05, 4.69) is 15.5 Å². The number of hydrogen-bond acceptors (Lipinski definition) is 6. The first-order valence-electron chi connectivity index (χ1n) is 8.67. The number of anilines is 2. The van der Waals surface area contributed by atoms with Crippen LogP contribution >= 0.6 is 0 Å². The van der Waals surface area contributed by atoms with Crippen molar-refractivity contribution < 1.29 is 13.9 Å². The molecule has 0 fully saturated rings. The Balaban J connectivity index is 1.69. The van der Waals surface area contributed by atoms with Gasteiger partial charge < -0.3 is 20.2 Å². The quantitative estimate of drug-likeness (QED) is 0.534. The summed E-state index contributed by atoms with van der Waals surface area (Å²) in [6.45, 7) is 0. The summed E-state index contributed by atoms with van der Waals surface area (Å²) in [6, 6.07) is 16.8. The van der Waals surface area contributed by atoms with Crippen molar-refractivity contribution >= 4 is 28.4 Å². The van der Waals surface area contributed by atoms with Gasteiger partial charge >= 0.3 is 0 Å². The summed E-state index contributed by atoms with van der Waals surface area (Å²) in [5.41, 5.74) is 8.93. The van der Waals surface area contributed by atoms with Gasteiger partial charge in [-0.25, -0.2) is 0 Å². The molecule has 3 N–H and O–H groups in total. The van der Waals surface area contributed by atoms with E-state index in [1.165, 1.54) is 0 Å². The van der Waals surface area contributed by atoms with Crippen LogP contribution in [0.25, 0.3) is 22.2 Å². The van der Waals surface area contributed by atoms with Gasteiger partial charge in [-0.15, -0.1) is 10.2 Å². The highest BCUT2D eigenvalue weighted by atomic mass is 16.5. The fourth-order valence-corrected chi connectivity index (χ4v) is 3.03. The Labute approximate surface area is 161 Å². The molecule has 0 unspecified atom stereocenters. The van der Waals surface area contributed by atoms with Crippen molar-refractivity contribution in [1.82, 2.24) is 10.2 Å². The van der Waals surface area contributed by atoms with E-state index in [0.29, 0.717) is 22.8 Å². The van der Waals surface area contributed by atoms with Crippen molar-refractivity contribution in [2.24, 2.45) is 5.73 Å². The fourth-order valence-electron chi connectivity index (χ4n) is 3.03. The minimum absolute atomic E-state index is 0.208. The normalized spacial score (nSPS) is 10.8. The molecular formula is C21H18N4O3. The number of nitrogens with one attached hydrogen (secondary N) is 1. The van der Waals surface area contributed by atoms with Gasteiger partial charge in [0.05, 0.1) is 25.2 Å². The van der Waals surface area contributed by atoms with Crippen LogP contribution in [0.15, 0.2) is 65.3 Å². The molecule has 2 aromatic heterocycles. The Morgan fingerprint density at radius 1 is 1.11 bits per heavy atom. The van der Waals surface area contributed by atoms with Crippen LogP contribution in [0, 0.1) is 0 Å². The highest BCUT2D eigenvalue weighted by Crippen LogP contribution is 2.36. The number of rotatable bonds is 6. The summed E-state index contributed by atoms with van der Waals surface area (Å²) in [5.74, 6) is 0.906. The molecule has 0 radical (unpaired) electrons. The molecule has 0 aliphatic heterocycles. The predicted octanol–water partition coefficient (Wildman–Crippen LogP) is 3.67. The smallest absolute Gasteiger partial charge is 0.221 e. The number of benzene rings is 2. The molecule has 7 nitrogen and oxygen atoms in total. The molecule has 0 saturated carbocycles. The summed E-state index contributed by atoms with van der Waals surface area (Å²) < 4.78 is 11.1. The Kier molecular flexibility index (Phi) is 4.63. The number of nitrogens with zero attached hydrogens (tertiary/aromatic N) is 2. The lowest BCUT2D eigenvalue weighted by Gasteiger charge is -2.10. The van der Waals surface area contributed by atoms with E-state index in [1.807, 2.05) is 54.6 Å². The van der Waals surface area contributed by atoms with E-state index in [-0.39, 0.29) is 12.3 Å². The lowest BCUT2D eigenvalue weighted by Crippen LogP contribution is -2.13. The molecule has 0 aliphatic rings. The summed E-state index contributed by atoms with van der Waals surface area (Å²) in [5, 5.41) is 12.8. The minimum atomic E-state index is -0.362. The van der Waals surface area contributed by atoms with E-state index < -0.39 is 0 Å². The van der Waals surface area contributed by atoms with E-state index in [1.54, 1.807) is 13.4 Å². The van der Waals surface area contributed by atoms with Crippen LogP contribution < -0.4 is 15.8 Å². The van der Waals surface area contributed by atoms with Gasteiger partial charge in [0.15, 0.2) is 11.4 Å². The third kappa shape index (κ3) is 3.37. The topological polar surface area (TPSA) is 103 Å². The average molecular weight is 374 g/mol. The molecule has 4 rings (SSSR count). The molecule has 140 valence electrons. The molecule has 2 aromatic carbocycles. The van der Waals surface area contributed by atoms with Crippen LogP contribution in [-0.4, -0.2) is 23.2 Å². The zero-order valence-electron chi connectivity index (χ0n) is 15.2. The average Bonchev–Trinajstić information content (AvgIpc) is 3.20. The highest BCUT2D eigenvalue weighted by Gasteiger charge is 2.17. The van der Waals surface area contributed by atoms with E-state index in [4.69, 9.17) is 14.9 Å². The summed E-state index contributed by atoms with van der Waals surface area (Å²) in [6.07, 6.45) is 1.81. The fraction of sp³-hybridized carbons (Fsp3) is 0.0952. The first-order valence-corrected chi connectivity index (χ1v) is 8.67. The van der Waals surface area contributed by atoms with Crippen LogP contribution in [0.5, 0.6) is 5.75 Å². The Bertz CT molecular complexity index is 1140. The van der Waals surface area contributed by atoms with Gasteiger partial charge in [0.1, 0.15) is 11.4 Å². The van der Waals surface area contributed by atoms with Crippen LogP contribution in [0.4, 0.5) is 11.5 Å². The number of furan rings is 1. The number of ether oxygens (including phenoxy) is 1. The van der Waals surface area contributed by atoms with Gasteiger partial charge in [0.2, 0.25) is 5.91 Å². The van der Waals surface area contributed by atoms with Crippen molar-refractivity contribution in [3.8, 4) is 17.0 Å². The molecule has 28 heavy (non-hydrogen) atoms. The molecule has 0 bridgehead atoms. The number of carbonyl (C=O) groups is 1. The second-order valence-electron chi connectivity index (χ2n) is 6.23. The largest absolute Gasteiger partial charge is 0.496 e. The number of fused-ring (bicyclic) bond motifs is 1. The van der Waals surface area contributed by atoms with Crippen molar-refractivity contribution in [3.63, 3.8) is 0 Å². The van der Waals surface area contributed by atoms with Gasteiger partial charge in [0.25, 0.3) is 0 Å². The molecule has 0 spiro atoms. The number of aromatic nitrogens is 2. The zero-order valence-corrected chi connectivity index (χ0v) is 15.2. The van der Waals surface area contributed by atoms with Crippen molar-refractivity contribution in [3.05, 3.63) is 66.4 Å². The van der Waals surface area contributed by atoms with Crippen LogP contribution in [0.3, 0.4) is 0 Å². The van der Waals surface area contributed by atoms with Gasteiger partial charge in [-0.1, -0.05) is 24.3 Å². The van der Waals surface area contributed by atoms with E-state index in [0.717, 1.165) is 22.2 Å². The predicted molar refractivity (Wildman–Crippen MR) is 106 cm³/mol. The SMILES string of the molecule is COc1ccccc1-c1nnc(Nc2ccc(CC(N)=O)cc2)c2ccoc12. The lowest BCUT2D eigenvalue weighted by molar-refractivity contribution is -0.117. The van der Waals surface area contributed by atoms with Gasteiger partial charge in [-0.2, -0.15) is 0 Å². The molecule has 2 heterocycles. The van der Waals surface area contributed by atoms with Crippen molar-refractivity contribution in [1.29, 1.82) is 0 Å².